The monoisotopic (exact) mass is 460 g/mol. The average Bonchev–Trinajstić information content (AvgIpc) is 2.39. The minimum atomic E-state index is 0.158. The molecule has 20 heavy (non-hydrogen) atoms. The predicted molar refractivity (Wildman–Crippen MR) is 95.0 cm³/mol. The third-order valence-corrected chi connectivity index (χ3v) is 5.04. The molecule has 0 aliphatic carbocycles. The molecule has 0 fully saturated rings. The fraction of sp³-hybridized carbons (Fsp3) is 0.250. The number of hydrogen-bond donors (Lipinski definition) is 0. The lowest BCUT2D eigenvalue weighted by Crippen LogP contribution is -1.96. The minimum absolute atomic E-state index is 0.158. The molecular formula is C16H15Br3O. The Morgan fingerprint density at radius 2 is 1.80 bits per heavy atom. The number of rotatable bonds is 4. The minimum Gasteiger partial charge on any atom is -0.493 e. The quantitative estimate of drug-likeness (QED) is 0.477. The van der Waals surface area contributed by atoms with Crippen molar-refractivity contribution in [2.75, 3.05) is 6.61 Å². The van der Waals surface area contributed by atoms with E-state index in [1.54, 1.807) is 0 Å². The van der Waals surface area contributed by atoms with Gasteiger partial charge in [0.2, 0.25) is 0 Å². The molecule has 0 spiro atoms. The van der Waals surface area contributed by atoms with Gasteiger partial charge < -0.3 is 4.74 Å². The van der Waals surface area contributed by atoms with Crippen LogP contribution in [0.3, 0.4) is 0 Å². The standard InChI is InChI=1S/C16H15Br3O/c1-3-20-15-5-4-11(9-14(15)18)16(19)12-6-10(2)7-13(17)8-12/h4-9,16H,3H2,1-2H3. The molecule has 0 saturated carbocycles. The predicted octanol–water partition coefficient (Wildman–Crippen LogP) is 6.40. The SMILES string of the molecule is CCOc1ccc(C(Br)c2cc(C)cc(Br)c2)cc1Br. The molecule has 0 aliphatic heterocycles. The number of ether oxygens (including phenoxy) is 1. The van der Waals surface area contributed by atoms with E-state index in [4.69, 9.17) is 4.74 Å². The molecule has 0 N–H and O–H groups in total. The van der Waals surface area contributed by atoms with Gasteiger partial charge in [-0.2, -0.15) is 0 Å². The first-order valence-electron chi connectivity index (χ1n) is 6.34. The Balaban J connectivity index is 2.33. The summed E-state index contributed by atoms with van der Waals surface area (Å²) in [7, 11) is 0. The third-order valence-electron chi connectivity index (χ3n) is 2.91. The average molecular weight is 463 g/mol. The summed E-state index contributed by atoms with van der Waals surface area (Å²) >= 11 is 10.9. The Hall–Kier alpha value is -0.320. The third kappa shape index (κ3) is 3.86. The number of halogens is 3. The maximum Gasteiger partial charge on any atom is 0.133 e. The van der Waals surface area contributed by atoms with Crippen molar-refractivity contribution < 1.29 is 4.74 Å². The van der Waals surface area contributed by atoms with Gasteiger partial charge in [0, 0.05) is 4.47 Å². The maximum atomic E-state index is 5.55. The molecule has 4 heteroatoms. The van der Waals surface area contributed by atoms with Gasteiger partial charge in [0.25, 0.3) is 0 Å². The van der Waals surface area contributed by atoms with Crippen molar-refractivity contribution in [2.24, 2.45) is 0 Å². The molecule has 1 unspecified atom stereocenters. The summed E-state index contributed by atoms with van der Waals surface area (Å²) in [5, 5.41) is 0. The van der Waals surface area contributed by atoms with Crippen molar-refractivity contribution in [1.29, 1.82) is 0 Å². The van der Waals surface area contributed by atoms with Crippen LogP contribution < -0.4 is 4.74 Å². The van der Waals surface area contributed by atoms with Gasteiger partial charge in [-0.15, -0.1) is 0 Å². The highest BCUT2D eigenvalue weighted by atomic mass is 79.9. The van der Waals surface area contributed by atoms with E-state index in [-0.39, 0.29) is 4.83 Å². The van der Waals surface area contributed by atoms with Crippen molar-refractivity contribution in [2.45, 2.75) is 18.7 Å². The van der Waals surface area contributed by atoms with E-state index < -0.39 is 0 Å². The van der Waals surface area contributed by atoms with Crippen molar-refractivity contribution in [3.8, 4) is 5.75 Å². The van der Waals surface area contributed by atoms with Gasteiger partial charge in [-0.05, 0) is 70.7 Å². The van der Waals surface area contributed by atoms with Crippen molar-refractivity contribution in [3.63, 3.8) is 0 Å². The second-order valence-corrected chi connectivity index (χ2v) is 7.23. The molecule has 106 valence electrons. The van der Waals surface area contributed by atoms with E-state index in [9.17, 15) is 0 Å². The van der Waals surface area contributed by atoms with Crippen molar-refractivity contribution in [3.05, 3.63) is 62.0 Å². The Bertz CT molecular complexity index is 590. The van der Waals surface area contributed by atoms with Crippen LogP contribution in [-0.4, -0.2) is 6.61 Å². The molecule has 0 bridgehead atoms. The first kappa shape index (κ1) is 16.1. The summed E-state index contributed by atoms with van der Waals surface area (Å²) in [5.41, 5.74) is 3.66. The Morgan fingerprint density at radius 1 is 1.05 bits per heavy atom. The maximum absolute atomic E-state index is 5.55. The second kappa shape index (κ2) is 7.10. The largest absolute Gasteiger partial charge is 0.493 e. The molecule has 0 saturated heterocycles. The van der Waals surface area contributed by atoms with E-state index >= 15 is 0 Å². The molecule has 2 rings (SSSR count). The molecule has 0 aliphatic rings. The molecule has 0 amide bonds. The van der Waals surface area contributed by atoms with Gasteiger partial charge in [0.15, 0.2) is 0 Å². The molecule has 0 radical (unpaired) electrons. The number of benzene rings is 2. The topological polar surface area (TPSA) is 9.23 Å². The molecule has 2 aromatic rings. The van der Waals surface area contributed by atoms with Crippen LogP contribution in [0.15, 0.2) is 45.3 Å². The zero-order valence-electron chi connectivity index (χ0n) is 11.3. The first-order valence-corrected chi connectivity index (χ1v) is 8.85. The summed E-state index contributed by atoms with van der Waals surface area (Å²) in [6.07, 6.45) is 0. The fourth-order valence-corrected chi connectivity index (χ4v) is 3.74. The van der Waals surface area contributed by atoms with E-state index in [0.29, 0.717) is 6.61 Å². The van der Waals surface area contributed by atoms with E-state index in [1.807, 2.05) is 13.0 Å². The van der Waals surface area contributed by atoms with Crippen LogP contribution in [-0.2, 0) is 0 Å². The van der Waals surface area contributed by atoms with Crippen LogP contribution in [0.25, 0.3) is 0 Å². The van der Waals surface area contributed by atoms with Crippen LogP contribution in [0.1, 0.15) is 28.4 Å². The second-order valence-electron chi connectivity index (χ2n) is 4.55. The summed E-state index contributed by atoms with van der Waals surface area (Å²) in [6.45, 7) is 4.75. The normalized spacial score (nSPS) is 12.2. The zero-order chi connectivity index (χ0) is 14.7. The van der Waals surface area contributed by atoms with Gasteiger partial charge in [0.1, 0.15) is 5.75 Å². The molecule has 0 heterocycles. The first-order chi connectivity index (χ1) is 9.51. The Labute approximate surface area is 145 Å². The molecule has 1 atom stereocenters. The highest BCUT2D eigenvalue weighted by Gasteiger charge is 2.13. The van der Waals surface area contributed by atoms with Gasteiger partial charge in [-0.3, -0.25) is 0 Å². The van der Waals surface area contributed by atoms with Crippen molar-refractivity contribution >= 4 is 47.8 Å². The van der Waals surface area contributed by atoms with Gasteiger partial charge >= 0.3 is 0 Å². The molecule has 1 nitrogen and oxygen atoms in total. The van der Waals surface area contributed by atoms with Crippen LogP contribution in [0.4, 0.5) is 0 Å². The lowest BCUT2D eigenvalue weighted by Gasteiger charge is -2.14. The summed E-state index contributed by atoms with van der Waals surface area (Å²) < 4.78 is 7.62. The van der Waals surface area contributed by atoms with E-state index in [1.165, 1.54) is 16.7 Å². The highest BCUT2D eigenvalue weighted by molar-refractivity contribution is 9.11. The smallest absolute Gasteiger partial charge is 0.133 e. The molecule has 0 aromatic heterocycles. The van der Waals surface area contributed by atoms with Gasteiger partial charge in [0.05, 0.1) is 15.9 Å². The highest BCUT2D eigenvalue weighted by Crippen LogP contribution is 2.36. The molecule has 2 aromatic carbocycles. The number of hydrogen-bond acceptors (Lipinski definition) is 1. The zero-order valence-corrected chi connectivity index (χ0v) is 16.0. The van der Waals surface area contributed by atoms with Crippen LogP contribution in [0.2, 0.25) is 0 Å². The van der Waals surface area contributed by atoms with E-state index in [2.05, 4.69) is 85.0 Å². The Kier molecular flexibility index (Phi) is 5.70. The van der Waals surface area contributed by atoms with Crippen LogP contribution in [0.5, 0.6) is 5.75 Å². The van der Waals surface area contributed by atoms with Gasteiger partial charge in [-0.1, -0.05) is 44.0 Å². The lowest BCUT2D eigenvalue weighted by atomic mass is 10.0. The summed E-state index contributed by atoms with van der Waals surface area (Å²) in [6, 6.07) is 12.6. The van der Waals surface area contributed by atoms with Gasteiger partial charge in [-0.25, -0.2) is 0 Å². The summed E-state index contributed by atoms with van der Waals surface area (Å²) in [4.78, 5) is 0.158. The fourth-order valence-electron chi connectivity index (χ4n) is 2.05. The van der Waals surface area contributed by atoms with Crippen molar-refractivity contribution in [1.82, 2.24) is 0 Å². The lowest BCUT2D eigenvalue weighted by molar-refractivity contribution is 0.338. The van der Waals surface area contributed by atoms with Crippen LogP contribution >= 0.6 is 47.8 Å². The van der Waals surface area contributed by atoms with Crippen LogP contribution in [0, 0.1) is 6.92 Å². The number of alkyl halides is 1. The molecular weight excluding hydrogens is 448 g/mol. The van der Waals surface area contributed by atoms with E-state index in [0.717, 1.165) is 14.7 Å². The Morgan fingerprint density at radius 3 is 2.40 bits per heavy atom. The number of aryl methyl sites for hydroxylation is 1. The summed E-state index contributed by atoms with van der Waals surface area (Å²) in [5.74, 6) is 0.876.